The summed E-state index contributed by atoms with van der Waals surface area (Å²) in [5, 5.41) is 12.4. The lowest BCUT2D eigenvalue weighted by atomic mass is 9.71. The maximum Gasteiger partial charge on any atom is 0.267 e. The van der Waals surface area contributed by atoms with Crippen molar-refractivity contribution in [1.29, 1.82) is 0 Å². The molecule has 0 aliphatic heterocycles. The number of nitrogens with zero attached hydrogens (tertiary/aromatic N) is 1. The Balaban J connectivity index is 1.94. The van der Waals surface area contributed by atoms with Gasteiger partial charge in [0.2, 0.25) is 0 Å². The minimum atomic E-state index is -0.594. The monoisotopic (exact) mass is 351 g/mol. The molecule has 1 fully saturated rings. The van der Waals surface area contributed by atoms with Crippen LogP contribution in [0.3, 0.4) is 0 Å². The number of hydroxylamine groups is 1. The molecule has 1 saturated carbocycles. The third-order valence-electron chi connectivity index (χ3n) is 4.69. The number of carbonyl (C=O) groups is 1. The van der Waals surface area contributed by atoms with Crippen molar-refractivity contribution in [1.82, 2.24) is 10.5 Å². The van der Waals surface area contributed by atoms with E-state index in [4.69, 9.17) is 16.8 Å². The highest BCUT2D eigenvalue weighted by atomic mass is 35.5. The first-order chi connectivity index (χ1) is 11.3. The van der Waals surface area contributed by atoms with Gasteiger partial charge in [-0.3, -0.25) is 10.0 Å². The second-order valence-electron chi connectivity index (χ2n) is 7.47. The molecule has 0 aromatic carbocycles. The Bertz CT molecular complexity index is 603. The Labute approximate surface area is 148 Å². The first kappa shape index (κ1) is 18.7. The van der Waals surface area contributed by atoms with E-state index in [0.29, 0.717) is 27.9 Å². The summed E-state index contributed by atoms with van der Waals surface area (Å²) in [5.41, 5.74) is 2.61. The first-order valence-electron chi connectivity index (χ1n) is 8.34. The molecule has 1 amide bonds. The summed E-state index contributed by atoms with van der Waals surface area (Å²) in [7, 11) is 0. The molecule has 1 aliphatic carbocycles. The van der Waals surface area contributed by atoms with Crippen molar-refractivity contribution in [3.63, 3.8) is 0 Å². The van der Waals surface area contributed by atoms with E-state index in [1.54, 1.807) is 18.3 Å². The van der Waals surface area contributed by atoms with Crippen LogP contribution in [-0.2, 0) is 4.79 Å². The van der Waals surface area contributed by atoms with Gasteiger partial charge in [0.25, 0.3) is 5.91 Å². The van der Waals surface area contributed by atoms with Gasteiger partial charge in [-0.2, -0.15) is 0 Å². The number of nitrogens with one attached hydrogen (secondary N) is 2. The maximum absolute atomic E-state index is 11.0. The molecule has 1 heterocycles. The number of rotatable bonds is 4. The van der Waals surface area contributed by atoms with Gasteiger partial charge in [-0.25, -0.2) is 10.5 Å². The number of anilines is 1. The highest BCUT2D eigenvalue weighted by Crippen LogP contribution is 2.38. The van der Waals surface area contributed by atoms with E-state index in [-0.39, 0.29) is 0 Å². The number of amides is 1. The van der Waals surface area contributed by atoms with Crippen LogP contribution in [0.25, 0.3) is 6.08 Å². The zero-order valence-electron chi connectivity index (χ0n) is 14.5. The van der Waals surface area contributed by atoms with Crippen LogP contribution in [0.5, 0.6) is 0 Å². The standard InChI is InChI=1S/C18H26ClN3O2/c1-18(2,3)13-5-7-14(8-6-13)21-17-15(19)10-12(11-20-17)4-9-16(23)22-24/h4,9-11,13-14,24H,5-8H2,1-3H3,(H,20,21)(H,22,23). The smallest absolute Gasteiger partial charge is 0.267 e. The summed E-state index contributed by atoms with van der Waals surface area (Å²) in [6.07, 6.45) is 9.09. The van der Waals surface area contributed by atoms with Crippen molar-refractivity contribution in [3.05, 3.63) is 28.9 Å². The minimum absolute atomic E-state index is 0.371. The molecule has 132 valence electrons. The zero-order chi connectivity index (χ0) is 17.7. The fraction of sp³-hybridized carbons (Fsp3) is 0.556. The summed E-state index contributed by atoms with van der Waals surface area (Å²) in [6.45, 7) is 6.94. The van der Waals surface area contributed by atoms with Crippen molar-refractivity contribution in [2.24, 2.45) is 11.3 Å². The Kier molecular flexibility index (Phi) is 6.24. The van der Waals surface area contributed by atoms with Gasteiger partial charge in [0.15, 0.2) is 0 Å². The number of aromatic nitrogens is 1. The number of carbonyl (C=O) groups excluding carboxylic acids is 1. The van der Waals surface area contributed by atoms with Crippen molar-refractivity contribution in [2.45, 2.75) is 52.5 Å². The summed E-state index contributed by atoms with van der Waals surface area (Å²) in [5.74, 6) is 0.854. The molecule has 0 radical (unpaired) electrons. The summed E-state index contributed by atoms with van der Waals surface area (Å²) in [6, 6.07) is 2.15. The van der Waals surface area contributed by atoms with Crippen LogP contribution in [-0.4, -0.2) is 22.1 Å². The topological polar surface area (TPSA) is 74.2 Å². The Morgan fingerprint density at radius 1 is 1.33 bits per heavy atom. The fourth-order valence-electron chi connectivity index (χ4n) is 3.16. The Morgan fingerprint density at radius 2 is 2.00 bits per heavy atom. The predicted octanol–water partition coefficient (Wildman–Crippen LogP) is 4.27. The lowest BCUT2D eigenvalue weighted by Gasteiger charge is -2.37. The van der Waals surface area contributed by atoms with Crippen molar-refractivity contribution >= 4 is 29.4 Å². The lowest BCUT2D eigenvalue weighted by molar-refractivity contribution is -0.124. The van der Waals surface area contributed by atoms with Gasteiger partial charge in [-0.05, 0) is 54.7 Å². The average molecular weight is 352 g/mol. The van der Waals surface area contributed by atoms with E-state index in [1.807, 2.05) is 0 Å². The van der Waals surface area contributed by atoms with E-state index in [2.05, 4.69) is 31.1 Å². The predicted molar refractivity (Wildman–Crippen MR) is 97.0 cm³/mol. The average Bonchev–Trinajstić information content (AvgIpc) is 2.54. The zero-order valence-corrected chi connectivity index (χ0v) is 15.2. The number of halogens is 1. The molecule has 6 heteroatoms. The molecule has 0 atom stereocenters. The molecule has 1 aromatic rings. The van der Waals surface area contributed by atoms with Crippen LogP contribution in [0.1, 0.15) is 52.0 Å². The van der Waals surface area contributed by atoms with Crippen molar-refractivity contribution in [2.75, 3.05) is 5.32 Å². The van der Waals surface area contributed by atoms with Gasteiger partial charge in [0, 0.05) is 18.3 Å². The van der Waals surface area contributed by atoms with Crippen LogP contribution in [0, 0.1) is 11.3 Å². The van der Waals surface area contributed by atoms with Gasteiger partial charge in [-0.15, -0.1) is 0 Å². The highest BCUT2D eigenvalue weighted by Gasteiger charge is 2.29. The van der Waals surface area contributed by atoms with E-state index >= 15 is 0 Å². The first-order valence-corrected chi connectivity index (χ1v) is 8.71. The molecule has 24 heavy (non-hydrogen) atoms. The highest BCUT2D eigenvalue weighted by molar-refractivity contribution is 6.33. The largest absolute Gasteiger partial charge is 0.366 e. The maximum atomic E-state index is 11.0. The molecule has 0 spiro atoms. The van der Waals surface area contributed by atoms with Crippen LogP contribution < -0.4 is 10.8 Å². The molecule has 0 unspecified atom stereocenters. The van der Waals surface area contributed by atoms with Crippen LogP contribution in [0.15, 0.2) is 18.3 Å². The number of pyridine rings is 1. The molecular formula is C18H26ClN3O2. The van der Waals surface area contributed by atoms with E-state index < -0.39 is 5.91 Å². The second kappa shape index (κ2) is 7.99. The molecule has 5 nitrogen and oxygen atoms in total. The normalized spacial score (nSPS) is 21.7. The van der Waals surface area contributed by atoms with E-state index in [9.17, 15) is 4.79 Å². The third-order valence-corrected chi connectivity index (χ3v) is 4.98. The van der Waals surface area contributed by atoms with Gasteiger partial charge < -0.3 is 5.32 Å². The van der Waals surface area contributed by atoms with Crippen LogP contribution in [0.2, 0.25) is 5.02 Å². The molecule has 2 rings (SSSR count). The molecule has 0 bridgehead atoms. The molecule has 0 saturated heterocycles. The van der Waals surface area contributed by atoms with Gasteiger partial charge in [0.1, 0.15) is 5.82 Å². The molecular weight excluding hydrogens is 326 g/mol. The summed E-state index contributed by atoms with van der Waals surface area (Å²) >= 11 is 6.29. The summed E-state index contributed by atoms with van der Waals surface area (Å²) in [4.78, 5) is 15.3. The molecule has 1 aliphatic rings. The van der Waals surface area contributed by atoms with Gasteiger partial charge >= 0.3 is 0 Å². The van der Waals surface area contributed by atoms with Crippen molar-refractivity contribution < 1.29 is 10.0 Å². The van der Waals surface area contributed by atoms with Crippen LogP contribution in [0.4, 0.5) is 5.82 Å². The fourth-order valence-corrected chi connectivity index (χ4v) is 3.39. The van der Waals surface area contributed by atoms with Gasteiger partial charge in [-0.1, -0.05) is 32.4 Å². The van der Waals surface area contributed by atoms with Crippen LogP contribution >= 0.6 is 11.6 Å². The Morgan fingerprint density at radius 3 is 2.54 bits per heavy atom. The summed E-state index contributed by atoms with van der Waals surface area (Å²) < 4.78 is 0. The SMILES string of the molecule is CC(C)(C)C1CCC(Nc2ncc(C=CC(=O)NO)cc2Cl)CC1. The van der Waals surface area contributed by atoms with E-state index in [0.717, 1.165) is 18.8 Å². The minimum Gasteiger partial charge on any atom is -0.366 e. The van der Waals surface area contributed by atoms with Gasteiger partial charge in [0.05, 0.1) is 5.02 Å². The molecule has 3 N–H and O–H groups in total. The van der Waals surface area contributed by atoms with Crippen molar-refractivity contribution in [3.8, 4) is 0 Å². The second-order valence-corrected chi connectivity index (χ2v) is 7.87. The molecule has 1 aromatic heterocycles. The number of hydrogen-bond acceptors (Lipinski definition) is 4. The van der Waals surface area contributed by atoms with E-state index in [1.165, 1.54) is 24.4 Å². The quantitative estimate of drug-likeness (QED) is 0.430. The third kappa shape index (κ3) is 5.21. The number of hydrogen-bond donors (Lipinski definition) is 3. The Hall–Kier alpha value is -1.59. The lowest BCUT2D eigenvalue weighted by Crippen LogP contribution is -2.31.